The molecule has 7 heteroatoms. The van der Waals surface area contributed by atoms with Crippen molar-refractivity contribution in [3.8, 4) is 0 Å². The van der Waals surface area contributed by atoms with E-state index in [0.717, 1.165) is 5.75 Å². The topological polar surface area (TPSA) is 113 Å². The van der Waals surface area contributed by atoms with Gasteiger partial charge in [0.2, 0.25) is 5.91 Å². The first-order chi connectivity index (χ1) is 6.99. The van der Waals surface area contributed by atoms with Crippen molar-refractivity contribution in [2.45, 2.75) is 18.6 Å². The molecular weight excluding hydrogens is 220 g/mol. The molecule has 0 saturated carbocycles. The summed E-state index contributed by atoms with van der Waals surface area (Å²) in [6, 6.07) is -0.654. The van der Waals surface area contributed by atoms with Crippen LogP contribution in [0.4, 0.5) is 0 Å². The molecule has 15 heavy (non-hydrogen) atoms. The van der Waals surface area contributed by atoms with Gasteiger partial charge in [0.25, 0.3) is 0 Å². The second-order valence-corrected chi connectivity index (χ2v) is 3.97. The van der Waals surface area contributed by atoms with Gasteiger partial charge in [0, 0.05) is 0 Å². The monoisotopic (exact) mass is 236 g/mol. The number of aliphatic carboxylic acids is 1. The fourth-order valence-electron chi connectivity index (χ4n) is 0.792. The molecule has 0 saturated heterocycles. The van der Waals surface area contributed by atoms with Crippen LogP contribution in [0.15, 0.2) is 0 Å². The van der Waals surface area contributed by atoms with Crippen LogP contribution in [0.5, 0.6) is 0 Å². The summed E-state index contributed by atoms with van der Waals surface area (Å²) in [6.45, 7) is -0.318. The Hall–Kier alpha value is -0.790. The number of nitrogens with one attached hydrogen (secondary N) is 1. The Kier molecular flexibility index (Phi) is 7.10. The van der Waals surface area contributed by atoms with Gasteiger partial charge in [-0.1, -0.05) is 0 Å². The summed E-state index contributed by atoms with van der Waals surface area (Å²) in [7, 11) is 0. The molecule has 0 radical (unpaired) electrons. The van der Waals surface area contributed by atoms with E-state index < -0.39 is 24.0 Å². The van der Waals surface area contributed by atoms with E-state index in [9.17, 15) is 9.59 Å². The van der Waals surface area contributed by atoms with E-state index in [2.05, 4.69) is 5.32 Å². The van der Waals surface area contributed by atoms with Gasteiger partial charge in [-0.05, 0) is 18.4 Å². The third-order valence-electron chi connectivity index (χ3n) is 1.72. The van der Waals surface area contributed by atoms with E-state index in [1.165, 1.54) is 0 Å². The van der Waals surface area contributed by atoms with Gasteiger partial charge in [-0.3, -0.25) is 4.79 Å². The highest BCUT2D eigenvalue weighted by atomic mass is 32.2. The van der Waals surface area contributed by atoms with Crippen LogP contribution >= 0.6 is 11.8 Å². The molecule has 1 amide bonds. The van der Waals surface area contributed by atoms with Gasteiger partial charge in [0.1, 0.15) is 0 Å². The minimum Gasteiger partial charge on any atom is -0.479 e. The zero-order chi connectivity index (χ0) is 11.8. The maximum atomic E-state index is 11.2. The number of aliphatic hydroxyl groups is 1. The minimum absolute atomic E-state index is 0.318. The van der Waals surface area contributed by atoms with Crippen LogP contribution < -0.4 is 11.1 Å². The van der Waals surface area contributed by atoms with Gasteiger partial charge in [0.05, 0.1) is 12.6 Å². The second-order valence-electron chi connectivity index (χ2n) is 2.99. The van der Waals surface area contributed by atoms with Crippen molar-refractivity contribution in [2.75, 3.05) is 18.6 Å². The average Bonchev–Trinajstić information content (AvgIpc) is 2.21. The number of carboxylic acid groups (broad SMARTS) is 1. The van der Waals surface area contributed by atoms with Crippen LogP contribution in [0.2, 0.25) is 0 Å². The lowest BCUT2D eigenvalue weighted by atomic mass is 10.2. The molecule has 0 heterocycles. The maximum Gasteiger partial charge on any atom is 0.334 e. The van der Waals surface area contributed by atoms with Crippen LogP contribution in [0, 0.1) is 0 Å². The molecule has 0 rings (SSSR count). The van der Waals surface area contributed by atoms with E-state index in [1.807, 2.05) is 6.26 Å². The molecule has 0 aromatic carbocycles. The Morgan fingerprint density at radius 3 is 2.60 bits per heavy atom. The van der Waals surface area contributed by atoms with Gasteiger partial charge in [-0.25, -0.2) is 4.79 Å². The number of carboxylic acids is 1. The normalized spacial score (nSPS) is 14.3. The molecule has 0 aliphatic heterocycles. The number of carbonyl (C=O) groups excluding carboxylic acids is 1. The fraction of sp³-hybridized carbons (Fsp3) is 0.750. The molecule has 0 aromatic rings. The third-order valence-corrected chi connectivity index (χ3v) is 2.37. The molecular formula is C8H16N2O4S. The summed E-state index contributed by atoms with van der Waals surface area (Å²) in [6.07, 6.45) is 0.844. The lowest BCUT2D eigenvalue weighted by molar-refractivity contribution is -0.146. The summed E-state index contributed by atoms with van der Waals surface area (Å²) in [5, 5.41) is 19.5. The van der Waals surface area contributed by atoms with Gasteiger partial charge in [0.15, 0.2) is 6.10 Å². The predicted octanol–water partition coefficient (Wildman–Crippen LogP) is -1.37. The first-order valence-electron chi connectivity index (χ1n) is 4.42. The highest BCUT2D eigenvalue weighted by Crippen LogP contribution is 1.98. The van der Waals surface area contributed by atoms with Gasteiger partial charge < -0.3 is 21.3 Å². The quantitative estimate of drug-likeness (QED) is 0.434. The van der Waals surface area contributed by atoms with Crippen molar-refractivity contribution in [2.24, 2.45) is 5.73 Å². The highest BCUT2D eigenvalue weighted by Gasteiger charge is 2.17. The number of rotatable bonds is 7. The Labute approximate surface area is 92.2 Å². The summed E-state index contributed by atoms with van der Waals surface area (Å²) >= 11 is 1.57. The van der Waals surface area contributed by atoms with Crippen molar-refractivity contribution in [1.82, 2.24) is 5.32 Å². The largest absolute Gasteiger partial charge is 0.479 e. The number of nitrogens with two attached hydrogens (primary N) is 1. The third kappa shape index (κ3) is 6.32. The minimum atomic E-state index is -1.58. The summed E-state index contributed by atoms with van der Waals surface area (Å²) in [5.74, 6) is -1.05. The van der Waals surface area contributed by atoms with Crippen LogP contribution in [-0.4, -0.2) is 52.8 Å². The van der Waals surface area contributed by atoms with Crippen LogP contribution in [0.25, 0.3) is 0 Å². The van der Waals surface area contributed by atoms with E-state index in [4.69, 9.17) is 15.9 Å². The molecule has 6 nitrogen and oxygen atoms in total. The molecule has 2 atom stereocenters. The Morgan fingerprint density at radius 2 is 2.13 bits per heavy atom. The van der Waals surface area contributed by atoms with E-state index in [1.54, 1.807) is 11.8 Å². The number of aliphatic hydroxyl groups excluding tert-OH is 1. The molecule has 0 aliphatic rings. The van der Waals surface area contributed by atoms with E-state index in [-0.39, 0.29) is 6.54 Å². The molecule has 88 valence electrons. The number of amides is 1. The number of hydrogen-bond donors (Lipinski definition) is 4. The first-order valence-corrected chi connectivity index (χ1v) is 5.81. The Balaban J connectivity index is 3.77. The molecule has 0 spiro atoms. The lowest BCUT2D eigenvalue weighted by Gasteiger charge is -2.12. The average molecular weight is 236 g/mol. The van der Waals surface area contributed by atoms with Crippen LogP contribution in [0.1, 0.15) is 6.42 Å². The first kappa shape index (κ1) is 14.2. The van der Waals surface area contributed by atoms with Crippen molar-refractivity contribution in [1.29, 1.82) is 0 Å². The van der Waals surface area contributed by atoms with Gasteiger partial charge in [-0.15, -0.1) is 0 Å². The van der Waals surface area contributed by atoms with Crippen LogP contribution in [0.3, 0.4) is 0 Å². The molecule has 5 N–H and O–H groups in total. The van der Waals surface area contributed by atoms with Crippen LogP contribution in [-0.2, 0) is 9.59 Å². The maximum absolute atomic E-state index is 11.2. The number of hydrogen-bond acceptors (Lipinski definition) is 5. The van der Waals surface area contributed by atoms with E-state index >= 15 is 0 Å². The number of carbonyl (C=O) groups is 2. The smallest absolute Gasteiger partial charge is 0.334 e. The Morgan fingerprint density at radius 1 is 1.53 bits per heavy atom. The molecule has 0 unspecified atom stereocenters. The van der Waals surface area contributed by atoms with Gasteiger partial charge in [-0.2, -0.15) is 11.8 Å². The summed E-state index contributed by atoms with van der Waals surface area (Å²) in [4.78, 5) is 21.4. The zero-order valence-corrected chi connectivity index (χ0v) is 9.29. The molecule has 0 aromatic heterocycles. The predicted molar refractivity (Wildman–Crippen MR) is 57.6 cm³/mol. The molecule has 0 aliphatic carbocycles. The standard InChI is InChI=1S/C8H16N2O4S/c1-15-3-2-5(9)7(12)10-4-6(11)8(13)14/h5-6,11H,2-4,9H2,1H3,(H,10,12)(H,13,14)/t5-,6-/m0/s1. The number of thioether (sulfide) groups is 1. The zero-order valence-electron chi connectivity index (χ0n) is 8.47. The fourth-order valence-corrected chi connectivity index (χ4v) is 1.28. The van der Waals surface area contributed by atoms with E-state index in [0.29, 0.717) is 6.42 Å². The lowest BCUT2D eigenvalue weighted by Crippen LogP contribution is -2.45. The van der Waals surface area contributed by atoms with Gasteiger partial charge >= 0.3 is 5.97 Å². The molecule has 0 fully saturated rings. The van der Waals surface area contributed by atoms with Crippen molar-refractivity contribution < 1.29 is 19.8 Å². The molecule has 0 bridgehead atoms. The second kappa shape index (κ2) is 7.49. The van der Waals surface area contributed by atoms with Crippen molar-refractivity contribution >= 4 is 23.6 Å². The van der Waals surface area contributed by atoms with Crippen molar-refractivity contribution in [3.63, 3.8) is 0 Å². The highest BCUT2D eigenvalue weighted by molar-refractivity contribution is 7.98. The SMILES string of the molecule is CSCC[C@H](N)C(=O)NC[C@H](O)C(=O)O. The van der Waals surface area contributed by atoms with Crippen molar-refractivity contribution in [3.05, 3.63) is 0 Å². The Bertz CT molecular complexity index is 225. The summed E-state index contributed by atoms with van der Waals surface area (Å²) < 4.78 is 0. The summed E-state index contributed by atoms with van der Waals surface area (Å²) in [5.41, 5.74) is 5.51.